The Morgan fingerprint density at radius 2 is 1.67 bits per heavy atom. The molecular formula is C19H24N2O5S. The van der Waals surface area contributed by atoms with Crippen LogP contribution >= 0.6 is 0 Å². The predicted molar refractivity (Wildman–Crippen MR) is 105 cm³/mol. The lowest BCUT2D eigenvalue weighted by Crippen LogP contribution is -2.25. The summed E-state index contributed by atoms with van der Waals surface area (Å²) < 4.78 is 36.0. The minimum absolute atomic E-state index is 0.00855. The molecule has 0 heterocycles. The molecule has 2 rings (SSSR count). The van der Waals surface area contributed by atoms with Gasteiger partial charge in [0.05, 0.1) is 20.0 Å². The Morgan fingerprint density at radius 1 is 1.00 bits per heavy atom. The molecule has 0 saturated carbocycles. The number of methoxy groups -OCH3 is 2. The molecule has 0 spiro atoms. The molecule has 0 saturated heterocycles. The van der Waals surface area contributed by atoms with E-state index in [1.807, 2.05) is 18.2 Å². The summed E-state index contributed by atoms with van der Waals surface area (Å²) in [6, 6.07) is 11.9. The van der Waals surface area contributed by atoms with Crippen LogP contribution in [-0.2, 0) is 16.4 Å². The van der Waals surface area contributed by atoms with Gasteiger partial charge in [-0.3, -0.25) is 9.52 Å². The van der Waals surface area contributed by atoms with Gasteiger partial charge in [0.1, 0.15) is 0 Å². The third kappa shape index (κ3) is 5.89. The lowest BCUT2D eigenvalue weighted by atomic mass is 10.1. The van der Waals surface area contributed by atoms with Crippen molar-refractivity contribution in [1.82, 2.24) is 5.32 Å². The zero-order valence-corrected chi connectivity index (χ0v) is 16.4. The van der Waals surface area contributed by atoms with Crippen molar-refractivity contribution < 1.29 is 22.7 Å². The van der Waals surface area contributed by atoms with Crippen molar-refractivity contribution in [2.75, 3.05) is 31.2 Å². The highest BCUT2D eigenvalue weighted by atomic mass is 32.2. The predicted octanol–water partition coefficient (Wildman–Crippen LogP) is 2.44. The molecule has 7 nitrogen and oxygen atoms in total. The van der Waals surface area contributed by atoms with Crippen molar-refractivity contribution in [2.24, 2.45) is 0 Å². The van der Waals surface area contributed by atoms with E-state index in [4.69, 9.17) is 9.47 Å². The normalized spacial score (nSPS) is 10.9. The van der Waals surface area contributed by atoms with Gasteiger partial charge in [-0.1, -0.05) is 6.07 Å². The summed E-state index contributed by atoms with van der Waals surface area (Å²) in [5.41, 5.74) is 1.90. The van der Waals surface area contributed by atoms with Gasteiger partial charge in [-0.15, -0.1) is 0 Å². The Kier molecular flexibility index (Phi) is 7.06. The molecule has 0 fully saturated rings. The third-order valence-electron chi connectivity index (χ3n) is 3.95. The zero-order chi connectivity index (χ0) is 19.9. The van der Waals surface area contributed by atoms with Gasteiger partial charge in [0.15, 0.2) is 11.5 Å². The van der Waals surface area contributed by atoms with Crippen LogP contribution in [0.3, 0.4) is 0 Å². The fourth-order valence-corrected chi connectivity index (χ4v) is 3.04. The smallest absolute Gasteiger partial charge is 0.251 e. The van der Waals surface area contributed by atoms with Crippen molar-refractivity contribution in [3.63, 3.8) is 0 Å². The largest absolute Gasteiger partial charge is 0.493 e. The molecule has 0 aliphatic carbocycles. The molecule has 0 atom stereocenters. The molecule has 0 bridgehead atoms. The van der Waals surface area contributed by atoms with Crippen molar-refractivity contribution >= 4 is 21.6 Å². The van der Waals surface area contributed by atoms with Gasteiger partial charge in [-0.2, -0.15) is 0 Å². The molecule has 27 heavy (non-hydrogen) atoms. The first-order valence-electron chi connectivity index (χ1n) is 8.48. The highest BCUT2D eigenvalue weighted by Crippen LogP contribution is 2.27. The van der Waals surface area contributed by atoms with Crippen molar-refractivity contribution in [1.29, 1.82) is 0 Å². The second-order valence-electron chi connectivity index (χ2n) is 5.78. The minimum atomic E-state index is -3.33. The van der Waals surface area contributed by atoms with E-state index >= 15 is 0 Å². The van der Waals surface area contributed by atoms with Crippen LogP contribution < -0.4 is 19.5 Å². The number of hydrogen-bond donors (Lipinski definition) is 2. The molecule has 0 aliphatic heterocycles. The first-order valence-corrected chi connectivity index (χ1v) is 10.1. The van der Waals surface area contributed by atoms with E-state index in [2.05, 4.69) is 10.0 Å². The Bertz CT molecular complexity index is 879. The lowest BCUT2D eigenvalue weighted by Gasteiger charge is -2.10. The first-order chi connectivity index (χ1) is 12.9. The van der Waals surface area contributed by atoms with Gasteiger partial charge < -0.3 is 14.8 Å². The van der Waals surface area contributed by atoms with Crippen LogP contribution in [0.25, 0.3) is 0 Å². The molecule has 0 radical (unpaired) electrons. The molecular weight excluding hydrogens is 368 g/mol. The maximum atomic E-state index is 12.2. The van der Waals surface area contributed by atoms with E-state index in [0.29, 0.717) is 35.7 Å². The number of amides is 1. The summed E-state index contributed by atoms with van der Waals surface area (Å²) in [4.78, 5) is 12.2. The molecule has 2 aromatic rings. The quantitative estimate of drug-likeness (QED) is 0.684. The zero-order valence-electron chi connectivity index (χ0n) is 15.6. The number of rotatable bonds is 9. The Labute approximate surface area is 159 Å². The SMILES string of the molecule is CCS(=O)(=O)Nc1ccc(C(=O)NCCc2ccc(OC)c(OC)c2)cc1. The number of hydrogen-bond acceptors (Lipinski definition) is 5. The summed E-state index contributed by atoms with van der Waals surface area (Å²) in [7, 11) is -0.174. The van der Waals surface area contributed by atoms with Gasteiger partial charge in [-0.05, 0) is 55.3 Å². The van der Waals surface area contributed by atoms with Crippen LogP contribution in [0.2, 0.25) is 0 Å². The number of sulfonamides is 1. The highest BCUT2D eigenvalue weighted by molar-refractivity contribution is 7.92. The van der Waals surface area contributed by atoms with Crippen molar-refractivity contribution in [2.45, 2.75) is 13.3 Å². The number of carbonyl (C=O) groups excluding carboxylic acids is 1. The Morgan fingerprint density at radius 3 is 2.26 bits per heavy atom. The first kappa shape index (κ1) is 20.6. The molecule has 2 N–H and O–H groups in total. The average molecular weight is 392 g/mol. The fourth-order valence-electron chi connectivity index (χ4n) is 2.40. The molecule has 0 aliphatic rings. The van der Waals surface area contributed by atoms with Crippen molar-refractivity contribution in [3.05, 3.63) is 53.6 Å². The van der Waals surface area contributed by atoms with E-state index in [0.717, 1.165) is 5.56 Å². The van der Waals surface area contributed by atoms with Crippen LogP contribution in [0.5, 0.6) is 11.5 Å². The second-order valence-corrected chi connectivity index (χ2v) is 7.79. The standard InChI is InChI=1S/C19H24N2O5S/c1-4-27(23,24)21-16-8-6-15(7-9-16)19(22)20-12-11-14-5-10-17(25-2)18(13-14)26-3/h5-10,13,21H,4,11-12H2,1-3H3,(H,20,22). The Balaban J connectivity index is 1.90. The third-order valence-corrected chi connectivity index (χ3v) is 5.25. The number of ether oxygens (including phenoxy) is 2. The van der Waals surface area contributed by atoms with Gasteiger partial charge >= 0.3 is 0 Å². The fraction of sp³-hybridized carbons (Fsp3) is 0.316. The summed E-state index contributed by atoms with van der Waals surface area (Å²) in [5, 5.41) is 2.84. The molecule has 0 aromatic heterocycles. The van der Waals surface area contributed by atoms with E-state index in [9.17, 15) is 13.2 Å². The van der Waals surface area contributed by atoms with Gasteiger partial charge in [0.2, 0.25) is 10.0 Å². The maximum absolute atomic E-state index is 12.2. The summed E-state index contributed by atoms with van der Waals surface area (Å²) in [5.74, 6) is 1.07. The summed E-state index contributed by atoms with van der Waals surface area (Å²) in [6.07, 6.45) is 0.639. The number of nitrogens with one attached hydrogen (secondary N) is 2. The molecule has 0 unspecified atom stereocenters. The van der Waals surface area contributed by atoms with Crippen LogP contribution in [0, 0.1) is 0 Å². The number of anilines is 1. The van der Waals surface area contributed by atoms with Crippen LogP contribution in [0.1, 0.15) is 22.8 Å². The average Bonchev–Trinajstić information content (AvgIpc) is 2.68. The van der Waals surface area contributed by atoms with Gasteiger partial charge in [0, 0.05) is 17.8 Å². The monoisotopic (exact) mass is 392 g/mol. The Hall–Kier alpha value is -2.74. The van der Waals surface area contributed by atoms with E-state index in [-0.39, 0.29) is 11.7 Å². The van der Waals surface area contributed by atoms with E-state index in [1.54, 1.807) is 45.4 Å². The summed E-state index contributed by atoms with van der Waals surface area (Å²) in [6.45, 7) is 2.01. The van der Waals surface area contributed by atoms with Gasteiger partial charge in [0.25, 0.3) is 5.91 Å². The topological polar surface area (TPSA) is 93.7 Å². The van der Waals surface area contributed by atoms with Gasteiger partial charge in [-0.25, -0.2) is 8.42 Å². The lowest BCUT2D eigenvalue weighted by molar-refractivity contribution is 0.0954. The minimum Gasteiger partial charge on any atom is -0.493 e. The van der Waals surface area contributed by atoms with Crippen molar-refractivity contribution in [3.8, 4) is 11.5 Å². The molecule has 8 heteroatoms. The molecule has 2 aromatic carbocycles. The summed E-state index contributed by atoms with van der Waals surface area (Å²) >= 11 is 0. The number of carbonyl (C=O) groups is 1. The van der Waals surface area contributed by atoms with E-state index in [1.165, 1.54) is 0 Å². The maximum Gasteiger partial charge on any atom is 0.251 e. The molecule has 146 valence electrons. The van der Waals surface area contributed by atoms with Crippen LogP contribution in [0.15, 0.2) is 42.5 Å². The number of benzene rings is 2. The molecule has 1 amide bonds. The second kappa shape index (κ2) is 9.27. The van der Waals surface area contributed by atoms with E-state index < -0.39 is 10.0 Å². The van der Waals surface area contributed by atoms with Crippen LogP contribution in [0.4, 0.5) is 5.69 Å². The highest BCUT2D eigenvalue weighted by Gasteiger charge is 2.09. The van der Waals surface area contributed by atoms with Crippen LogP contribution in [-0.4, -0.2) is 40.8 Å².